The van der Waals surface area contributed by atoms with Crippen LogP contribution < -0.4 is 5.32 Å². The molecule has 0 saturated heterocycles. The number of ether oxygens (including phenoxy) is 1. The van der Waals surface area contributed by atoms with E-state index in [0.29, 0.717) is 16.3 Å². The number of aromatic nitrogens is 2. The fraction of sp³-hybridized carbons (Fsp3) is 0.143. The van der Waals surface area contributed by atoms with Crippen LogP contribution in [0.25, 0.3) is 11.3 Å². The monoisotopic (exact) mass is 471 g/mol. The summed E-state index contributed by atoms with van der Waals surface area (Å²) in [5, 5.41) is 11.8. The normalized spacial score (nSPS) is 10.4. The molecule has 0 bridgehead atoms. The topological polar surface area (TPSA) is 81.2 Å². The molecular formula is C21H18BrN3O3S. The largest absolute Gasteiger partial charge is 0.462 e. The number of nitrogens with one attached hydrogen (secondary N) is 1. The molecule has 1 aromatic heterocycles. The van der Waals surface area contributed by atoms with Crippen LogP contribution in [0.15, 0.2) is 70.2 Å². The van der Waals surface area contributed by atoms with E-state index >= 15 is 0 Å². The van der Waals surface area contributed by atoms with Gasteiger partial charge in [-0.1, -0.05) is 52.0 Å². The number of thioether (sulfide) groups is 1. The second kappa shape index (κ2) is 10.2. The van der Waals surface area contributed by atoms with Gasteiger partial charge in [-0.3, -0.25) is 4.79 Å². The number of para-hydroxylation sites is 1. The van der Waals surface area contributed by atoms with Crippen LogP contribution in [0.4, 0.5) is 5.69 Å². The molecule has 0 atom stereocenters. The molecule has 8 heteroatoms. The Kier molecular flexibility index (Phi) is 7.37. The van der Waals surface area contributed by atoms with Crippen LogP contribution in [0.2, 0.25) is 0 Å². The average molecular weight is 472 g/mol. The van der Waals surface area contributed by atoms with Crippen molar-refractivity contribution in [2.75, 3.05) is 17.7 Å². The van der Waals surface area contributed by atoms with E-state index in [4.69, 9.17) is 4.74 Å². The maximum atomic E-state index is 12.3. The first-order chi connectivity index (χ1) is 14.1. The van der Waals surface area contributed by atoms with Crippen LogP contribution in [-0.4, -0.2) is 34.4 Å². The van der Waals surface area contributed by atoms with Crippen molar-refractivity contribution in [1.82, 2.24) is 10.2 Å². The number of nitrogens with zero attached hydrogens (tertiary/aromatic N) is 2. The second-order valence-corrected chi connectivity index (χ2v) is 7.78. The number of hydrogen-bond donors (Lipinski definition) is 1. The number of hydrogen-bond acceptors (Lipinski definition) is 6. The van der Waals surface area contributed by atoms with Crippen molar-refractivity contribution in [2.24, 2.45) is 0 Å². The van der Waals surface area contributed by atoms with Crippen molar-refractivity contribution >= 4 is 45.3 Å². The van der Waals surface area contributed by atoms with Crippen molar-refractivity contribution in [2.45, 2.75) is 11.9 Å². The maximum Gasteiger partial charge on any atom is 0.340 e. The lowest BCUT2D eigenvalue weighted by atomic mass is 10.1. The van der Waals surface area contributed by atoms with Gasteiger partial charge in [-0.25, -0.2) is 4.79 Å². The minimum absolute atomic E-state index is 0.142. The Morgan fingerprint density at radius 3 is 2.48 bits per heavy atom. The number of benzene rings is 2. The van der Waals surface area contributed by atoms with E-state index in [1.807, 2.05) is 36.4 Å². The lowest BCUT2D eigenvalue weighted by molar-refractivity contribution is -0.113. The molecule has 3 aromatic rings. The first-order valence-corrected chi connectivity index (χ1v) is 10.6. The standard InChI is InChI=1S/C21H18BrN3O3S/c1-2-28-21(27)16-5-3-4-6-18(16)23-19(26)13-29-20-12-11-17(24-25-20)14-7-9-15(22)10-8-14/h3-12H,2,13H2,1H3,(H,23,26). The van der Waals surface area contributed by atoms with Gasteiger partial charge in [-0.15, -0.1) is 10.2 Å². The molecule has 0 unspecified atom stereocenters. The van der Waals surface area contributed by atoms with E-state index in [0.717, 1.165) is 15.7 Å². The number of amides is 1. The van der Waals surface area contributed by atoms with Crippen LogP contribution in [0.3, 0.4) is 0 Å². The van der Waals surface area contributed by atoms with Gasteiger partial charge in [-0.2, -0.15) is 0 Å². The van der Waals surface area contributed by atoms with E-state index in [-0.39, 0.29) is 18.3 Å². The quantitative estimate of drug-likeness (QED) is 0.393. The zero-order valence-electron chi connectivity index (χ0n) is 15.6. The van der Waals surface area contributed by atoms with Gasteiger partial charge in [0.2, 0.25) is 5.91 Å². The molecule has 0 radical (unpaired) electrons. The van der Waals surface area contributed by atoms with Gasteiger partial charge in [0.25, 0.3) is 0 Å². The van der Waals surface area contributed by atoms with E-state index in [9.17, 15) is 9.59 Å². The third-order valence-corrected chi connectivity index (χ3v) is 5.28. The number of anilines is 1. The molecule has 0 aliphatic heterocycles. The average Bonchev–Trinajstić information content (AvgIpc) is 2.74. The molecule has 3 rings (SSSR count). The highest BCUT2D eigenvalue weighted by Gasteiger charge is 2.14. The van der Waals surface area contributed by atoms with E-state index < -0.39 is 5.97 Å². The van der Waals surface area contributed by atoms with Gasteiger partial charge >= 0.3 is 5.97 Å². The molecule has 0 fully saturated rings. The van der Waals surface area contributed by atoms with Gasteiger partial charge < -0.3 is 10.1 Å². The SMILES string of the molecule is CCOC(=O)c1ccccc1NC(=O)CSc1ccc(-c2ccc(Br)cc2)nn1. The molecular weight excluding hydrogens is 454 g/mol. The number of carbonyl (C=O) groups excluding carboxylic acids is 2. The summed E-state index contributed by atoms with van der Waals surface area (Å²) in [6, 6.07) is 18.2. The molecule has 1 amide bonds. The predicted octanol–water partition coefficient (Wildman–Crippen LogP) is 4.81. The number of carbonyl (C=O) groups is 2. The smallest absolute Gasteiger partial charge is 0.340 e. The molecule has 1 heterocycles. The molecule has 148 valence electrons. The van der Waals surface area contributed by atoms with Crippen LogP contribution in [0.1, 0.15) is 17.3 Å². The summed E-state index contributed by atoms with van der Waals surface area (Å²) in [6.45, 7) is 2.00. The summed E-state index contributed by atoms with van der Waals surface area (Å²) in [6.07, 6.45) is 0. The van der Waals surface area contributed by atoms with Crippen molar-refractivity contribution in [3.05, 3.63) is 70.7 Å². The van der Waals surface area contributed by atoms with Crippen LogP contribution >= 0.6 is 27.7 Å². The Morgan fingerprint density at radius 1 is 1.03 bits per heavy atom. The Morgan fingerprint density at radius 2 is 1.79 bits per heavy atom. The molecule has 6 nitrogen and oxygen atoms in total. The van der Waals surface area contributed by atoms with Gasteiger partial charge in [-0.05, 0) is 43.3 Å². The van der Waals surface area contributed by atoms with Crippen LogP contribution in [0, 0.1) is 0 Å². The lowest BCUT2D eigenvalue weighted by Crippen LogP contribution is -2.17. The number of esters is 1. The summed E-state index contributed by atoms with van der Waals surface area (Å²) in [4.78, 5) is 24.3. The molecule has 0 saturated carbocycles. The molecule has 0 spiro atoms. The van der Waals surface area contributed by atoms with E-state index in [2.05, 4.69) is 31.4 Å². The fourth-order valence-corrected chi connectivity index (χ4v) is 3.35. The van der Waals surface area contributed by atoms with Crippen molar-refractivity contribution < 1.29 is 14.3 Å². The Bertz CT molecular complexity index is 995. The highest BCUT2D eigenvalue weighted by molar-refractivity contribution is 9.10. The third kappa shape index (κ3) is 5.88. The Labute approximate surface area is 181 Å². The summed E-state index contributed by atoms with van der Waals surface area (Å²) in [5.74, 6) is -0.570. The van der Waals surface area contributed by atoms with Gasteiger partial charge in [0, 0.05) is 10.0 Å². The number of rotatable bonds is 7. The first kappa shape index (κ1) is 21.0. The van der Waals surface area contributed by atoms with E-state index in [1.54, 1.807) is 31.2 Å². The van der Waals surface area contributed by atoms with E-state index in [1.165, 1.54) is 11.8 Å². The van der Waals surface area contributed by atoms with Crippen molar-refractivity contribution in [3.8, 4) is 11.3 Å². The summed E-state index contributed by atoms with van der Waals surface area (Å²) in [5.41, 5.74) is 2.47. The Balaban J connectivity index is 1.59. The number of halogens is 1. The van der Waals surface area contributed by atoms with Crippen LogP contribution in [0.5, 0.6) is 0 Å². The first-order valence-electron chi connectivity index (χ1n) is 8.85. The molecule has 2 aromatic carbocycles. The highest BCUT2D eigenvalue weighted by atomic mass is 79.9. The zero-order valence-corrected chi connectivity index (χ0v) is 18.0. The Hall–Kier alpha value is -2.71. The van der Waals surface area contributed by atoms with Crippen molar-refractivity contribution in [1.29, 1.82) is 0 Å². The second-order valence-electron chi connectivity index (χ2n) is 5.87. The summed E-state index contributed by atoms with van der Waals surface area (Å²) in [7, 11) is 0. The summed E-state index contributed by atoms with van der Waals surface area (Å²) < 4.78 is 6.01. The maximum absolute atomic E-state index is 12.3. The van der Waals surface area contributed by atoms with Crippen molar-refractivity contribution in [3.63, 3.8) is 0 Å². The molecule has 0 aliphatic carbocycles. The minimum Gasteiger partial charge on any atom is -0.462 e. The third-order valence-electron chi connectivity index (χ3n) is 3.83. The predicted molar refractivity (Wildman–Crippen MR) is 117 cm³/mol. The molecule has 1 N–H and O–H groups in total. The molecule has 0 aliphatic rings. The lowest BCUT2D eigenvalue weighted by Gasteiger charge is -2.10. The van der Waals surface area contributed by atoms with Gasteiger partial charge in [0.05, 0.1) is 29.3 Å². The zero-order chi connectivity index (χ0) is 20.6. The molecule has 29 heavy (non-hydrogen) atoms. The highest BCUT2D eigenvalue weighted by Crippen LogP contribution is 2.22. The van der Waals surface area contributed by atoms with Crippen LogP contribution in [-0.2, 0) is 9.53 Å². The summed E-state index contributed by atoms with van der Waals surface area (Å²) >= 11 is 4.67. The van der Waals surface area contributed by atoms with Gasteiger partial charge in [0.1, 0.15) is 5.03 Å². The fourth-order valence-electron chi connectivity index (χ4n) is 2.48. The minimum atomic E-state index is -0.467. The van der Waals surface area contributed by atoms with Gasteiger partial charge in [0.15, 0.2) is 0 Å².